The molecule has 2 N–H and O–H groups in total. The molecule has 62 heavy (non-hydrogen) atoms. The van der Waals surface area contributed by atoms with Crippen molar-refractivity contribution in [3.05, 3.63) is 82.5 Å². The van der Waals surface area contributed by atoms with Gasteiger partial charge in [-0.05, 0) is 92.2 Å². The quantitative estimate of drug-likeness (QED) is 0.203. The van der Waals surface area contributed by atoms with Crippen molar-refractivity contribution in [3.63, 3.8) is 0 Å². The predicted octanol–water partition coefficient (Wildman–Crippen LogP) is 6.12. The van der Waals surface area contributed by atoms with E-state index in [1.54, 1.807) is 12.0 Å². The van der Waals surface area contributed by atoms with Crippen molar-refractivity contribution >= 4 is 40.0 Å². The fraction of sp³-hybridized carbons (Fsp3) is 0.521. The highest BCUT2D eigenvalue weighted by atomic mass is 19.3. The molecule has 11 rings (SSSR count). The molecule has 3 amide bonds. The summed E-state index contributed by atoms with van der Waals surface area (Å²) in [4.78, 5) is 52.4. The van der Waals surface area contributed by atoms with Crippen LogP contribution in [0.5, 0.6) is 11.5 Å². The minimum atomic E-state index is -2.45. The highest BCUT2D eigenvalue weighted by Crippen LogP contribution is 2.54. The lowest BCUT2D eigenvalue weighted by Crippen LogP contribution is -2.59. The number of aromatic nitrogens is 1. The lowest BCUT2D eigenvalue weighted by atomic mass is 9.57. The molecule has 6 aliphatic heterocycles. The van der Waals surface area contributed by atoms with Crippen molar-refractivity contribution in [3.8, 4) is 11.5 Å². The molecule has 1 aromatic heterocycles. The van der Waals surface area contributed by atoms with Gasteiger partial charge in [-0.1, -0.05) is 24.3 Å². The Bertz CT molecular complexity index is 2440. The number of methoxy groups -OCH3 is 1. The summed E-state index contributed by atoms with van der Waals surface area (Å²) in [5, 5.41) is 3.55. The molecule has 7 heterocycles. The molecule has 4 atom stereocenters. The maximum Gasteiger partial charge on any atom is 0.255 e. The number of halogens is 2. The fourth-order valence-corrected chi connectivity index (χ4v) is 12.4. The third kappa shape index (κ3) is 6.70. The van der Waals surface area contributed by atoms with Gasteiger partial charge in [0.1, 0.15) is 24.1 Å². The van der Waals surface area contributed by atoms with Crippen molar-refractivity contribution in [2.45, 2.75) is 89.0 Å². The Morgan fingerprint density at radius 3 is 2.60 bits per heavy atom. The first kappa shape index (κ1) is 39.6. The summed E-state index contributed by atoms with van der Waals surface area (Å²) in [5.41, 5.74) is 8.16. The van der Waals surface area contributed by atoms with Crippen LogP contribution in [0.15, 0.2) is 54.6 Å². The Hall–Kier alpha value is -5.21. The number of alkyl halides is 2. The van der Waals surface area contributed by atoms with Gasteiger partial charge in [0.05, 0.1) is 31.4 Å². The van der Waals surface area contributed by atoms with Crippen LogP contribution < -0.4 is 24.6 Å². The van der Waals surface area contributed by atoms with Gasteiger partial charge in [-0.15, -0.1) is 0 Å². The summed E-state index contributed by atoms with van der Waals surface area (Å²) in [6.45, 7) is 8.56. The van der Waals surface area contributed by atoms with Crippen molar-refractivity contribution in [1.29, 1.82) is 0 Å². The molecule has 3 saturated heterocycles. The molecule has 7 aliphatic rings. The van der Waals surface area contributed by atoms with Crippen LogP contribution in [0.4, 0.5) is 20.2 Å². The maximum atomic E-state index is 14.1. The normalized spacial score (nSPS) is 26.3. The molecule has 326 valence electrons. The molecular formula is C48H55F2N7O5. The molecule has 4 aromatic rings. The van der Waals surface area contributed by atoms with Gasteiger partial charge in [0.15, 0.2) is 0 Å². The molecular weight excluding hydrogens is 793 g/mol. The van der Waals surface area contributed by atoms with Crippen LogP contribution in [0, 0.1) is 11.3 Å². The zero-order valence-electron chi connectivity index (χ0n) is 35.5. The van der Waals surface area contributed by atoms with Crippen LogP contribution in [0.3, 0.4) is 0 Å². The number of carbonyl (C=O) groups excluding carboxylic acids is 3. The largest absolute Gasteiger partial charge is 0.496 e. The highest BCUT2D eigenvalue weighted by Gasteiger charge is 2.48. The number of piperidine rings is 2. The van der Waals surface area contributed by atoms with Gasteiger partial charge in [0.25, 0.3) is 12.3 Å². The highest BCUT2D eigenvalue weighted by molar-refractivity contribution is 6.06. The SMILES string of the molecule is COc1cc(N2CCC3(CC2)CC(CN2CCN4c5cc6c(cc5OC[C@@H]4C2)C(=O)N(C2CCC(=O)NC2=O)C6)C3)ccc1[C@@H]1c2[nH]c3ccccc3c2C[C@@H](C)N1CC(F)F. The number of benzene rings is 3. The lowest BCUT2D eigenvalue weighted by Gasteiger charge is -2.54. The van der Waals surface area contributed by atoms with Crippen molar-refractivity contribution in [2.24, 2.45) is 11.3 Å². The Labute approximate surface area is 360 Å². The topological polar surface area (TPSA) is 114 Å². The smallest absolute Gasteiger partial charge is 0.255 e. The molecule has 0 bridgehead atoms. The summed E-state index contributed by atoms with van der Waals surface area (Å²) < 4.78 is 40.5. The number of nitrogens with one attached hydrogen (secondary N) is 2. The summed E-state index contributed by atoms with van der Waals surface area (Å²) >= 11 is 0. The second-order valence-corrected chi connectivity index (χ2v) is 19.1. The van der Waals surface area contributed by atoms with E-state index in [0.29, 0.717) is 42.9 Å². The molecule has 1 aliphatic carbocycles. The molecule has 3 aromatic carbocycles. The number of nitrogens with zero attached hydrogens (tertiary/aromatic N) is 5. The lowest BCUT2D eigenvalue weighted by molar-refractivity contribution is -0.136. The number of para-hydroxylation sites is 1. The standard InChI is InChI=1S/C48H55F2N7O5/c1-28-17-36-33-5-3-4-6-37(33)51-44(36)45(56(28)26-42(49)50)34-8-7-31(19-40(34)61-2)54-13-11-48(12-14-54)21-29(22-48)23-53-15-16-55-32(25-53)27-62-41-20-35-30(18-39(41)55)24-57(47(35)60)38-9-10-43(58)52-46(38)59/h3-8,18-20,28-29,32,38,42,45,51H,9-17,21-27H2,1-2H3,(H,52,58,59)/t28-,32+,38?,45-/m1/s1. The van der Waals surface area contributed by atoms with Gasteiger partial charge in [0, 0.05) is 97.8 Å². The Balaban J connectivity index is 0.708. The van der Waals surface area contributed by atoms with Gasteiger partial charge in [0.2, 0.25) is 11.8 Å². The predicted molar refractivity (Wildman–Crippen MR) is 231 cm³/mol. The third-order valence-electron chi connectivity index (χ3n) is 15.4. The first-order valence-electron chi connectivity index (χ1n) is 22.5. The average Bonchev–Trinajstić information content (AvgIpc) is 3.78. The summed E-state index contributed by atoms with van der Waals surface area (Å²) in [6.07, 6.45) is 3.67. The molecule has 1 spiro atoms. The Morgan fingerprint density at radius 2 is 1.81 bits per heavy atom. The number of fused-ring (bicyclic) bond motifs is 7. The Kier molecular flexibility index (Phi) is 9.75. The monoisotopic (exact) mass is 847 g/mol. The van der Waals surface area contributed by atoms with Crippen LogP contribution in [0.25, 0.3) is 10.9 Å². The molecule has 1 saturated carbocycles. The number of hydrogen-bond donors (Lipinski definition) is 2. The minimum absolute atomic E-state index is 0.0590. The fourth-order valence-electron chi connectivity index (χ4n) is 12.4. The van der Waals surface area contributed by atoms with Crippen molar-refractivity contribution in [2.75, 3.05) is 69.3 Å². The van der Waals surface area contributed by atoms with E-state index in [2.05, 4.69) is 68.3 Å². The van der Waals surface area contributed by atoms with Crippen LogP contribution in [0.2, 0.25) is 0 Å². The van der Waals surface area contributed by atoms with Crippen LogP contribution in [0.1, 0.15) is 84.2 Å². The zero-order valence-corrected chi connectivity index (χ0v) is 35.5. The molecule has 12 nitrogen and oxygen atoms in total. The van der Waals surface area contributed by atoms with Gasteiger partial charge >= 0.3 is 0 Å². The van der Waals surface area contributed by atoms with E-state index < -0.39 is 18.4 Å². The zero-order chi connectivity index (χ0) is 42.4. The van der Waals surface area contributed by atoms with E-state index in [4.69, 9.17) is 9.47 Å². The number of imide groups is 1. The second-order valence-electron chi connectivity index (χ2n) is 19.1. The van der Waals surface area contributed by atoms with Crippen LogP contribution in [-0.4, -0.2) is 121 Å². The number of hydrogen-bond acceptors (Lipinski definition) is 9. The number of rotatable bonds is 8. The van der Waals surface area contributed by atoms with E-state index in [0.717, 1.165) is 103 Å². The first-order valence-corrected chi connectivity index (χ1v) is 22.5. The number of amides is 3. The van der Waals surface area contributed by atoms with E-state index in [1.165, 1.54) is 18.4 Å². The second kappa shape index (κ2) is 15.3. The van der Waals surface area contributed by atoms with E-state index >= 15 is 0 Å². The van der Waals surface area contributed by atoms with Crippen molar-refractivity contribution in [1.82, 2.24) is 25.0 Å². The summed E-state index contributed by atoms with van der Waals surface area (Å²) in [6, 6.07) is 17.7. The minimum Gasteiger partial charge on any atom is -0.496 e. The number of H-pyrrole nitrogens is 1. The van der Waals surface area contributed by atoms with Gasteiger partial charge < -0.3 is 29.2 Å². The van der Waals surface area contributed by atoms with Gasteiger partial charge in [-0.2, -0.15) is 0 Å². The number of piperazine rings is 1. The first-order chi connectivity index (χ1) is 30.0. The number of aromatic amines is 1. The average molecular weight is 848 g/mol. The summed E-state index contributed by atoms with van der Waals surface area (Å²) in [7, 11) is 1.69. The molecule has 1 unspecified atom stereocenters. The van der Waals surface area contributed by atoms with E-state index in [-0.39, 0.29) is 42.9 Å². The number of ether oxygens (including phenoxy) is 2. The van der Waals surface area contributed by atoms with Gasteiger partial charge in [-0.3, -0.25) is 29.5 Å². The van der Waals surface area contributed by atoms with Crippen molar-refractivity contribution < 1.29 is 32.6 Å². The van der Waals surface area contributed by atoms with Gasteiger partial charge in [-0.25, -0.2) is 8.78 Å². The molecule has 4 fully saturated rings. The Morgan fingerprint density at radius 1 is 0.984 bits per heavy atom. The summed E-state index contributed by atoms with van der Waals surface area (Å²) in [5.74, 6) is 1.28. The number of carbonyl (C=O) groups is 3. The number of anilines is 2. The van der Waals surface area contributed by atoms with Crippen LogP contribution >= 0.6 is 0 Å². The molecule has 0 radical (unpaired) electrons. The van der Waals surface area contributed by atoms with E-state index in [9.17, 15) is 23.2 Å². The third-order valence-corrected chi connectivity index (χ3v) is 15.4. The van der Waals surface area contributed by atoms with E-state index in [1.807, 2.05) is 23.1 Å². The maximum absolute atomic E-state index is 14.1. The molecule has 14 heteroatoms. The van der Waals surface area contributed by atoms with Crippen LogP contribution in [-0.2, 0) is 22.6 Å².